The van der Waals surface area contributed by atoms with Gasteiger partial charge >= 0.3 is 0 Å². The highest BCUT2D eigenvalue weighted by Crippen LogP contribution is 2.26. The number of nitrogens with one attached hydrogen (secondary N) is 1. The topological polar surface area (TPSA) is 66.5 Å². The first-order chi connectivity index (χ1) is 12.4. The van der Waals surface area contributed by atoms with Gasteiger partial charge in [0.25, 0.3) is 0 Å². The molecule has 1 heterocycles. The number of hydrogen-bond acceptors (Lipinski definition) is 3. The fraction of sp³-hybridized carbons (Fsp3) is 0.278. The molecule has 1 fully saturated rings. The monoisotopic (exact) mass is 396 g/mol. The maximum atomic E-state index is 13.1. The first-order valence-corrected chi connectivity index (χ1v) is 10.0. The van der Waals surface area contributed by atoms with Crippen molar-refractivity contribution >= 4 is 33.2 Å². The zero-order valence-corrected chi connectivity index (χ0v) is 15.4. The molecule has 1 N–H and O–H groups in total. The van der Waals surface area contributed by atoms with E-state index in [9.17, 15) is 17.6 Å². The minimum atomic E-state index is -3.89. The van der Waals surface area contributed by atoms with Gasteiger partial charge in [-0.25, -0.2) is 12.8 Å². The lowest BCUT2D eigenvalue weighted by molar-refractivity contribution is -0.120. The molecule has 0 aromatic heterocycles. The summed E-state index contributed by atoms with van der Waals surface area (Å²) in [4.78, 5) is 12.7. The van der Waals surface area contributed by atoms with Gasteiger partial charge in [-0.15, -0.1) is 0 Å². The highest BCUT2D eigenvalue weighted by Gasteiger charge is 2.37. The van der Waals surface area contributed by atoms with E-state index in [1.165, 1.54) is 16.4 Å². The summed E-state index contributed by atoms with van der Waals surface area (Å²) in [6.45, 7) is 0.248. The van der Waals surface area contributed by atoms with Crippen LogP contribution in [-0.4, -0.2) is 31.2 Å². The Kier molecular flexibility index (Phi) is 5.60. The molecule has 138 valence electrons. The predicted octanol–water partition coefficient (Wildman–Crippen LogP) is 3.66. The number of sulfonamides is 1. The Bertz CT molecular complexity index is 886. The average Bonchev–Trinajstić information content (AvgIpc) is 2.64. The lowest BCUT2D eigenvalue weighted by Crippen LogP contribution is -2.49. The summed E-state index contributed by atoms with van der Waals surface area (Å²) in [7, 11) is -3.89. The minimum absolute atomic E-state index is 0.0231. The zero-order chi connectivity index (χ0) is 18.7. The van der Waals surface area contributed by atoms with E-state index >= 15 is 0 Å². The molecule has 0 radical (unpaired) electrons. The van der Waals surface area contributed by atoms with E-state index in [4.69, 9.17) is 11.6 Å². The van der Waals surface area contributed by atoms with Gasteiger partial charge in [0.05, 0.1) is 4.90 Å². The number of carbonyl (C=O) groups excluding carboxylic acids is 1. The summed E-state index contributed by atoms with van der Waals surface area (Å²) in [6, 6.07) is 10.4. The molecule has 26 heavy (non-hydrogen) atoms. The van der Waals surface area contributed by atoms with Gasteiger partial charge in [0.2, 0.25) is 15.9 Å². The number of carbonyl (C=O) groups is 1. The normalized spacial score (nSPS) is 18.5. The molecule has 1 aliphatic rings. The van der Waals surface area contributed by atoms with Crippen LogP contribution in [0.1, 0.15) is 19.3 Å². The number of hydrogen-bond donors (Lipinski definition) is 1. The van der Waals surface area contributed by atoms with Crippen molar-refractivity contribution in [2.75, 3.05) is 11.9 Å². The third kappa shape index (κ3) is 4.06. The van der Waals surface area contributed by atoms with E-state index < -0.39 is 27.8 Å². The second-order valence-electron chi connectivity index (χ2n) is 6.08. The average molecular weight is 397 g/mol. The predicted molar refractivity (Wildman–Crippen MR) is 98.0 cm³/mol. The van der Waals surface area contributed by atoms with Gasteiger partial charge in [-0.2, -0.15) is 4.31 Å². The van der Waals surface area contributed by atoms with Gasteiger partial charge in [0.1, 0.15) is 11.9 Å². The van der Waals surface area contributed by atoms with E-state index in [1.807, 2.05) is 0 Å². The van der Waals surface area contributed by atoms with Gasteiger partial charge in [-0.05, 0) is 61.4 Å². The van der Waals surface area contributed by atoms with Crippen LogP contribution in [0.2, 0.25) is 5.02 Å². The van der Waals surface area contributed by atoms with Crippen LogP contribution < -0.4 is 5.32 Å². The molecule has 0 spiro atoms. The number of rotatable bonds is 4. The van der Waals surface area contributed by atoms with Crippen LogP contribution in [0.3, 0.4) is 0 Å². The fourth-order valence-corrected chi connectivity index (χ4v) is 4.74. The van der Waals surface area contributed by atoms with Crippen molar-refractivity contribution in [1.29, 1.82) is 0 Å². The standard InChI is InChI=1S/C18H18ClFN2O3S/c19-13-4-8-15(9-5-13)21-18(23)17-3-1-2-12-22(17)26(24,25)16-10-6-14(20)7-11-16/h4-11,17H,1-3,12H2,(H,21,23)/t17-/m0/s1. The molecular formula is C18H18ClFN2O3S. The maximum Gasteiger partial charge on any atom is 0.243 e. The van der Waals surface area contributed by atoms with Gasteiger partial charge < -0.3 is 5.32 Å². The van der Waals surface area contributed by atoms with E-state index in [2.05, 4.69) is 5.32 Å². The Morgan fingerprint density at radius 1 is 1.08 bits per heavy atom. The molecule has 0 unspecified atom stereocenters. The lowest BCUT2D eigenvalue weighted by atomic mass is 10.0. The Labute approximate surface area is 156 Å². The SMILES string of the molecule is O=C(Nc1ccc(Cl)cc1)[C@@H]1CCCCN1S(=O)(=O)c1ccc(F)cc1. The Hall–Kier alpha value is -1.96. The number of anilines is 1. The molecule has 1 aliphatic heterocycles. The van der Waals surface area contributed by atoms with Crippen molar-refractivity contribution in [2.24, 2.45) is 0 Å². The number of amides is 1. The highest BCUT2D eigenvalue weighted by atomic mass is 35.5. The quantitative estimate of drug-likeness (QED) is 0.857. The number of nitrogens with zero attached hydrogens (tertiary/aromatic N) is 1. The van der Waals surface area contributed by atoms with Gasteiger partial charge in [0, 0.05) is 17.3 Å². The van der Waals surface area contributed by atoms with Crippen molar-refractivity contribution in [3.05, 3.63) is 59.4 Å². The lowest BCUT2D eigenvalue weighted by Gasteiger charge is -2.33. The molecule has 5 nitrogen and oxygen atoms in total. The summed E-state index contributed by atoms with van der Waals surface area (Å²) in [5, 5.41) is 3.28. The minimum Gasteiger partial charge on any atom is -0.325 e. The van der Waals surface area contributed by atoms with Crippen molar-refractivity contribution < 1.29 is 17.6 Å². The summed E-state index contributed by atoms with van der Waals surface area (Å²) in [6.07, 6.45) is 1.86. The van der Waals surface area contributed by atoms with Crippen molar-refractivity contribution in [3.63, 3.8) is 0 Å². The van der Waals surface area contributed by atoms with Gasteiger partial charge in [-0.3, -0.25) is 4.79 Å². The summed E-state index contributed by atoms with van der Waals surface area (Å²) in [5.41, 5.74) is 0.545. The molecule has 3 rings (SSSR count). The second kappa shape index (κ2) is 7.73. The molecule has 1 saturated heterocycles. The molecule has 0 aliphatic carbocycles. The van der Waals surface area contributed by atoms with E-state index in [1.54, 1.807) is 24.3 Å². The van der Waals surface area contributed by atoms with Crippen molar-refractivity contribution in [3.8, 4) is 0 Å². The van der Waals surface area contributed by atoms with Crippen molar-refractivity contribution in [2.45, 2.75) is 30.2 Å². The zero-order valence-electron chi connectivity index (χ0n) is 13.9. The van der Waals surface area contributed by atoms with E-state index in [0.717, 1.165) is 18.6 Å². The van der Waals surface area contributed by atoms with Crippen LogP contribution >= 0.6 is 11.6 Å². The number of halogens is 2. The first kappa shape index (κ1) is 18.8. The van der Waals surface area contributed by atoms with Gasteiger partial charge in [0.15, 0.2) is 0 Å². The molecule has 0 saturated carbocycles. The molecule has 1 atom stereocenters. The van der Waals surface area contributed by atoms with Crippen molar-refractivity contribution in [1.82, 2.24) is 4.31 Å². The summed E-state index contributed by atoms with van der Waals surface area (Å²) >= 11 is 5.83. The number of benzene rings is 2. The molecule has 1 amide bonds. The van der Waals surface area contributed by atoms with E-state index in [0.29, 0.717) is 23.6 Å². The fourth-order valence-electron chi connectivity index (χ4n) is 2.96. The third-order valence-electron chi connectivity index (χ3n) is 4.29. The highest BCUT2D eigenvalue weighted by molar-refractivity contribution is 7.89. The Morgan fingerprint density at radius 2 is 1.73 bits per heavy atom. The Balaban J connectivity index is 1.83. The molecule has 8 heteroatoms. The first-order valence-electron chi connectivity index (χ1n) is 8.22. The van der Waals surface area contributed by atoms with Crippen LogP contribution in [0, 0.1) is 5.82 Å². The van der Waals surface area contributed by atoms with Crippen LogP contribution in [0.4, 0.5) is 10.1 Å². The van der Waals surface area contributed by atoms with E-state index in [-0.39, 0.29) is 11.4 Å². The van der Waals surface area contributed by atoms with Gasteiger partial charge in [-0.1, -0.05) is 18.0 Å². The third-order valence-corrected chi connectivity index (χ3v) is 6.46. The maximum absolute atomic E-state index is 13.1. The Morgan fingerprint density at radius 3 is 2.38 bits per heavy atom. The summed E-state index contributed by atoms with van der Waals surface area (Å²) in [5.74, 6) is -0.905. The molecule has 2 aromatic carbocycles. The van der Waals surface area contributed by atoms with Crippen LogP contribution in [0.25, 0.3) is 0 Å². The molecular weight excluding hydrogens is 379 g/mol. The second-order valence-corrected chi connectivity index (χ2v) is 8.40. The van der Waals surface area contributed by atoms with Crippen LogP contribution in [-0.2, 0) is 14.8 Å². The molecule has 2 aromatic rings. The van der Waals surface area contributed by atoms with Crippen LogP contribution in [0.5, 0.6) is 0 Å². The number of piperidine rings is 1. The smallest absolute Gasteiger partial charge is 0.243 e. The summed E-state index contributed by atoms with van der Waals surface area (Å²) < 4.78 is 40.1. The molecule has 0 bridgehead atoms. The largest absolute Gasteiger partial charge is 0.325 e. The van der Waals surface area contributed by atoms with Crippen LogP contribution in [0.15, 0.2) is 53.4 Å².